The molecule has 4 aromatic carbocycles. The Morgan fingerprint density at radius 1 is 0.655 bits per heavy atom. The molecule has 0 radical (unpaired) electrons. The van der Waals surface area contributed by atoms with Gasteiger partial charge in [-0.3, -0.25) is 0 Å². The molecular formula is C28H20O. The predicted octanol–water partition coefficient (Wildman–Crippen LogP) is 5.95. The second kappa shape index (κ2) is 7.34. The Morgan fingerprint density at radius 2 is 1.31 bits per heavy atom. The number of rotatable bonds is 2. The number of hydrogen-bond acceptors (Lipinski definition) is 1. The average molecular weight is 372 g/mol. The van der Waals surface area contributed by atoms with Gasteiger partial charge in [0.25, 0.3) is 0 Å². The van der Waals surface area contributed by atoms with Crippen LogP contribution in [0.1, 0.15) is 33.4 Å². The second-order valence-electron chi connectivity index (χ2n) is 7.45. The molecule has 0 spiro atoms. The van der Waals surface area contributed by atoms with Crippen molar-refractivity contribution in [2.45, 2.75) is 12.8 Å². The van der Waals surface area contributed by atoms with Crippen LogP contribution in [0, 0.1) is 11.8 Å². The van der Waals surface area contributed by atoms with Gasteiger partial charge in [0, 0.05) is 11.1 Å². The van der Waals surface area contributed by atoms with Crippen molar-refractivity contribution in [2.24, 2.45) is 0 Å². The Morgan fingerprint density at radius 3 is 2.07 bits per heavy atom. The molecule has 1 nitrogen and oxygen atoms in total. The Bertz CT molecular complexity index is 1240. The van der Waals surface area contributed by atoms with Crippen LogP contribution in [-0.2, 0) is 12.8 Å². The normalized spacial score (nSPS) is 11.3. The number of benzene rings is 4. The minimum atomic E-state index is 0.260. The van der Waals surface area contributed by atoms with Crippen molar-refractivity contribution in [1.29, 1.82) is 0 Å². The average Bonchev–Trinajstić information content (AvgIpc) is 3.14. The number of phenols is 1. The lowest BCUT2D eigenvalue weighted by atomic mass is 9.95. The van der Waals surface area contributed by atoms with Crippen molar-refractivity contribution < 1.29 is 5.11 Å². The van der Waals surface area contributed by atoms with Gasteiger partial charge in [-0.1, -0.05) is 66.4 Å². The molecule has 0 saturated carbocycles. The number of fused-ring (bicyclic) bond motifs is 3. The van der Waals surface area contributed by atoms with Crippen molar-refractivity contribution in [3.05, 3.63) is 124 Å². The first-order valence-electron chi connectivity index (χ1n) is 9.85. The third-order valence-corrected chi connectivity index (χ3v) is 5.51. The molecule has 0 fully saturated rings. The van der Waals surface area contributed by atoms with Gasteiger partial charge in [-0.25, -0.2) is 0 Å². The summed E-state index contributed by atoms with van der Waals surface area (Å²) < 4.78 is 0. The first kappa shape index (κ1) is 17.3. The number of phenolic OH excluding ortho intramolecular Hbond substituents is 1. The van der Waals surface area contributed by atoms with Gasteiger partial charge in [0.2, 0.25) is 0 Å². The van der Waals surface area contributed by atoms with E-state index in [4.69, 9.17) is 0 Å². The van der Waals surface area contributed by atoms with Gasteiger partial charge in [0.05, 0.1) is 0 Å². The second-order valence-corrected chi connectivity index (χ2v) is 7.45. The highest BCUT2D eigenvalue weighted by atomic mass is 16.3. The highest BCUT2D eigenvalue weighted by Gasteiger charge is 2.20. The van der Waals surface area contributed by atoms with E-state index in [9.17, 15) is 5.11 Å². The third kappa shape index (κ3) is 3.53. The number of hydrogen-bond donors (Lipinski definition) is 1. The van der Waals surface area contributed by atoms with Crippen LogP contribution in [0.15, 0.2) is 91.0 Å². The molecular weight excluding hydrogens is 352 g/mol. The fourth-order valence-electron chi connectivity index (χ4n) is 4.00. The Kier molecular flexibility index (Phi) is 4.39. The van der Waals surface area contributed by atoms with Crippen LogP contribution in [0.4, 0.5) is 0 Å². The van der Waals surface area contributed by atoms with Crippen molar-refractivity contribution in [1.82, 2.24) is 0 Å². The third-order valence-electron chi connectivity index (χ3n) is 5.51. The van der Waals surface area contributed by atoms with Gasteiger partial charge in [0.1, 0.15) is 5.75 Å². The van der Waals surface area contributed by atoms with Crippen molar-refractivity contribution >= 4 is 0 Å². The van der Waals surface area contributed by atoms with Gasteiger partial charge in [-0.05, 0) is 82.6 Å². The summed E-state index contributed by atoms with van der Waals surface area (Å²) in [6, 6.07) is 30.9. The summed E-state index contributed by atoms with van der Waals surface area (Å²) in [5.41, 5.74) is 10.2. The van der Waals surface area contributed by atoms with Crippen LogP contribution >= 0.6 is 0 Å². The fraction of sp³-hybridized carbons (Fsp3) is 0.0714. The first-order chi connectivity index (χ1) is 14.3. The van der Waals surface area contributed by atoms with Crippen LogP contribution in [-0.4, -0.2) is 5.11 Å². The lowest BCUT2D eigenvalue weighted by molar-refractivity contribution is 0.475. The van der Waals surface area contributed by atoms with Crippen molar-refractivity contribution in [2.75, 3.05) is 0 Å². The summed E-state index contributed by atoms with van der Waals surface area (Å²) >= 11 is 0. The minimum absolute atomic E-state index is 0.260. The molecule has 4 aromatic rings. The molecule has 0 aliphatic heterocycles. The summed E-state index contributed by atoms with van der Waals surface area (Å²) in [5, 5.41) is 9.35. The molecule has 1 N–H and O–H groups in total. The fourth-order valence-corrected chi connectivity index (χ4v) is 4.00. The van der Waals surface area contributed by atoms with Gasteiger partial charge in [-0.15, -0.1) is 0 Å². The van der Waals surface area contributed by atoms with E-state index in [0.29, 0.717) is 0 Å². The largest absolute Gasteiger partial charge is 0.508 e. The molecule has 5 rings (SSSR count). The molecule has 0 saturated heterocycles. The summed E-state index contributed by atoms with van der Waals surface area (Å²) in [5.74, 6) is 6.59. The topological polar surface area (TPSA) is 20.2 Å². The molecule has 0 amide bonds. The smallest absolute Gasteiger partial charge is 0.115 e. The quantitative estimate of drug-likeness (QED) is 0.379. The van der Waals surface area contributed by atoms with Crippen molar-refractivity contribution in [3.63, 3.8) is 0 Å². The highest BCUT2D eigenvalue weighted by molar-refractivity contribution is 5.78. The summed E-state index contributed by atoms with van der Waals surface area (Å²) in [7, 11) is 0. The Hall–Kier alpha value is -3.76. The van der Waals surface area contributed by atoms with E-state index in [0.717, 1.165) is 24.0 Å². The van der Waals surface area contributed by atoms with Gasteiger partial charge in [-0.2, -0.15) is 0 Å². The van der Waals surface area contributed by atoms with E-state index >= 15 is 0 Å². The standard InChI is InChI=1S/C28H20O/c29-25-16-14-21(15-17-25)9-8-20-10-12-22(13-11-20)18-23-5-3-7-27-26-6-2-1-4-24(26)19-28(23)27/h1-7,10-17,29H,18-19H2. The maximum atomic E-state index is 9.35. The number of aromatic hydroxyl groups is 1. The van der Waals surface area contributed by atoms with Crippen LogP contribution in [0.5, 0.6) is 5.75 Å². The lowest BCUT2D eigenvalue weighted by Crippen LogP contribution is -1.95. The monoisotopic (exact) mass is 372 g/mol. The predicted molar refractivity (Wildman–Crippen MR) is 118 cm³/mol. The van der Waals surface area contributed by atoms with Crippen molar-refractivity contribution in [3.8, 4) is 28.7 Å². The minimum Gasteiger partial charge on any atom is -0.508 e. The van der Waals surface area contributed by atoms with E-state index in [1.54, 1.807) is 12.1 Å². The van der Waals surface area contributed by atoms with Crippen LogP contribution in [0.3, 0.4) is 0 Å². The van der Waals surface area contributed by atoms with Crippen LogP contribution in [0.2, 0.25) is 0 Å². The SMILES string of the molecule is Oc1ccc(C#Cc2ccc(Cc3cccc4c3Cc3ccccc3-4)cc2)cc1. The highest BCUT2D eigenvalue weighted by Crippen LogP contribution is 2.38. The molecule has 29 heavy (non-hydrogen) atoms. The van der Waals surface area contributed by atoms with E-state index < -0.39 is 0 Å². The van der Waals surface area contributed by atoms with Crippen LogP contribution in [0.25, 0.3) is 11.1 Å². The first-order valence-corrected chi connectivity index (χ1v) is 9.85. The molecule has 138 valence electrons. The molecule has 0 atom stereocenters. The molecule has 1 heteroatoms. The lowest BCUT2D eigenvalue weighted by Gasteiger charge is -2.09. The molecule has 0 aromatic heterocycles. The van der Waals surface area contributed by atoms with Gasteiger partial charge in [0.15, 0.2) is 0 Å². The summed E-state index contributed by atoms with van der Waals surface area (Å²) in [6.45, 7) is 0. The van der Waals surface area contributed by atoms with E-state index in [1.165, 1.54) is 33.4 Å². The molecule has 0 unspecified atom stereocenters. The zero-order valence-electron chi connectivity index (χ0n) is 16.0. The maximum absolute atomic E-state index is 9.35. The molecule has 0 heterocycles. The van der Waals surface area contributed by atoms with E-state index in [-0.39, 0.29) is 5.75 Å². The zero-order chi connectivity index (χ0) is 19.6. The Balaban J connectivity index is 1.36. The van der Waals surface area contributed by atoms with E-state index in [1.807, 2.05) is 12.1 Å². The zero-order valence-corrected chi connectivity index (χ0v) is 16.0. The van der Waals surface area contributed by atoms with E-state index in [2.05, 4.69) is 78.6 Å². The Labute approximate surface area is 171 Å². The van der Waals surface area contributed by atoms with Gasteiger partial charge < -0.3 is 5.11 Å². The summed E-state index contributed by atoms with van der Waals surface area (Å²) in [6.07, 6.45) is 1.96. The maximum Gasteiger partial charge on any atom is 0.115 e. The molecule has 0 bridgehead atoms. The van der Waals surface area contributed by atoms with Gasteiger partial charge >= 0.3 is 0 Å². The molecule has 1 aliphatic rings. The van der Waals surface area contributed by atoms with Crippen LogP contribution < -0.4 is 0 Å². The molecule has 1 aliphatic carbocycles. The summed E-state index contributed by atoms with van der Waals surface area (Å²) in [4.78, 5) is 0.